The highest BCUT2D eigenvalue weighted by Crippen LogP contribution is 2.60. The van der Waals surface area contributed by atoms with Crippen LogP contribution >= 0.6 is 0 Å². The Labute approximate surface area is 274 Å². The third-order valence-electron chi connectivity index (χ3n) is 10.6. The maximum absolute atomic E-state index is 6.84. The van der Waals surface area contributed by atoms with Gasteiger partial charge in [-0.2, -0.15) is 0 Å². The van der Waals surface area contributed by atoms with E-state index < -0.39 is 5.41 Å². The molecule has 10 rings (SSSR count). The van der Waals surface area contributed by atoms with E-state index in [0.29, 0.717) is 5.92 Å². The van der Waals surface area contributed by atoms with Crippen LogP contribution in [0, 0.1) is 0 Å². The highest BCUT2D eigenvalue weighted by molar-refractivity contribution is 6.12. The van der Waals surface area contributed by atoms with Crippen LogP contribution in [0.25, 0.3) is 38.6 Å². The summed E-state index contributed by atoms with van der Waals surface area (Å²) in [6.07, 6.45) is 0. The average molecular weight is 602 g/mol. The molecule has 2 nitrogen and oxygen atoms in total. The van der Waals surface area contributed by atoms with E-state index in [1.807, 2.05) is 0 Å². The second-order valence-corrected chi connectivity index (χ2v) is 12.9. The Hall–Kier alpha value is -5.86. The number of fused-ring (bicyclic) bond motifs is 11. The van der Waals surface area contributed by atoms with E-state index in [1.165, 1.54) is 66.4 Å². The van der Waals surface area contributed by atoms with Crippen molar-refractivity contribution in [2.75, 3.05) is 0 Å². The second-order valence-electron chi connectivity index (χ2n) is 12.9. The largest absolute Gasteiger partial charge is 0.457 e. The lowest BCUT2D eigenvalue weighted by atomic mass is 9.61. The van der Waals surface area contributed by atoms with Gasteiger partial charge in [-0.3, -0.25) is 0 Å². The first-order valence-corrected chi connectivity index (χ1v) is 16.4. The topological polar surface area (TPSA) is 14.2 Å². The minimum absolute atomic E-state index is 0.332. The molecule has 2 unspecified atom stereocenters. The Morgan fingerprint density at radius 1 is 0.489 bits per heavy atom. The van der Waals surface area contributed by atoms with Gasteiger partial charge in [0.1, 0.15) is 11.5 Å². The molecule has 7 aromatic carbocycles. The molecule has 47 heavy (non-hydrogen) atoms. The van der Waals surface area contributed by atoms with E-state index in [-0.39, 0.29) is 0 Å². The molecule has 0 fully saturated rings. The van der Waals surface area contributed by atoms with E-state index in [1.54, 1.807) is 0 Å². The van der Waals surface area contributed by atoms with Crippen molar-refractivity contribution in [1.29, 1.82) is 0 Å². The second kappa shape index (κ2) is 9.82. The fraction of sp³-hybridized carbons (Fsp3) is 0.0667. The third kappa shape index (κ3) is 3.56. The van der Waals surface area contributed by atoms with Crippen molar-refractivity contribution in [1.82, 2.24) is 4.57 Å². The van der Waals surface area contributed by atoms with E-state index in [0.717, 1.165) is 17.1 Å². The molecule has 2 aliphatic heterocycles. The molecular weight excluding hydrogens is 571 g/mol. The zero-order valence-corrected chi connectivity index (χ0v) is 26.0. The van der Waals surface area contributed by atoms with Crippen LogP contribution in [0.1, 0.15) is 46.2 Å². The van der Waals surface area contributed by atoms with Crippen LogP contribution in [0.4, 0.5) is 0 Å². The molecule has 0 amide bonds. The Morgan fingerprint density at radius 3 is 2.00 bits per heavy atom. The van der Waals surface area contributed by atoms with E-state index in [2.05, 4.69) is 175 Å². The summed E-state index contributed by atoms with van der Waals surface area (Å²) < 4.78 is 9.31. The summed E-state index contributed by atoms with van der Waals surface area (Å²) in [5, 5.41) is 2.55. The van der Waals surface area contributed by atoms with Gasteiger partial charge in [0.2, 0.25) is 0 Å². The predicted molar refractivity (Wildman–Crippen MR) is 192 cm³/mol. The summed E-state index contributed by atoms with van der Waals surface area (Å²) in [7, 11) is 0. The summed E-state index contributed by atoms with van der Waals surface area (Å²) in [6.45, 7) is 2.27. The van der Waals surface area contributed by atoms with Crippen LogP contribution in [-0.2, 0) is 5.41 Å². The molecule has 0 bridgehead atoms. The monoisotopic (exact) mass is 601 g/mol. The summed E-state index contributed by atoms with van der Waals surface area (Å²) >= 11 is 0. The summed E-state index contributed by atoms with van der Waals surface area (Å²) in [4.78, 5) is 0. The zero-order chi connectivity index (χ0) is 31.1. The number of hydrogen-bond acceptors (Lipinski definition) is 1. The number of hydrogen-bond donors (Lipinski definition) is 0. The van der Waals surface area contributed by atoms with Crippen molar-refractivity contribution in [3.8, 4) is 28.3 Å². The molecule has 0 N–H and O–H groups in total. The lowest BCUT2D eigenvalue weighted by molar-refractivity contribution is 0.434. The molecular formula is C45H31NO. The van der Waals surface area contributed by atoms with Crippen molar-refractivity contribution in [3.63, 3.8) is 0 Å². The van der Waals surface area contributed by atoms with Gasteiger partial charge in [0.15, 0.2) is 0 Å². The highest BCUT2D eigenvalue weighted by Gasteiger charge is 2.50. The maximum atomic E-state index is 6.84. The van der Waals surface area contributed by atoms with Crippen molar-refractivity contribution in [2.24, 2.45) is 0 Å². The molecule has 8 aromatic rings. The fourth-order valence-electron chi connectivity index (χ4n) is 8.41. The Morgan fingerprint density at radius 2 is 1.13 bits per heavy atom. The maximum Gasteiger partial charge on any atom is 0.132 e. The number of benzene rings is 7. The van der Waals surface area contributed by atoms with Gasteiger partial charge >= 0.3 is 0 Å². The lowest BCUT2D eigenvalue weighted by Crippen LogP contribution is -2.37. The molecule has 0 saturated carbocycles. The normalized spacial score (nSPS) is 16.4. The van der Waals surface area contributed by atoms with Gasteiger partial charge in [0.05, 0.1) is 22.1 Å². The standard InChI is InChI=1S/C45H31NO/c1-29(30-12-3-2-4-13-30)31-22-24-32(25-23-31)33-26-27-38-43(28-33)47-42-21-10-7-17-37(42)45(38)36-16-6-9-20-41(36)46-40-19-8-5-14-34(40)35-15-11-18-39(45)44(35)46/h2-29H,1H3. The van der Waals surface area contributed by atoms with Gasteiger partial charge in [-0.25, -0.2) is 0 Å². The molecule has 0 aliphatic carbocycles. The molecule has 1 spiro atoms. The minimum atomic E-state index is -0.543. The molecule has 1 aromatic heterocycles. The zero-order valence-electron chi connectivity index (χ0n) is 26.0. The first kappa shape index (κ1) is 26.4. The summed E-state index contributed by atoms with van der Waals surface area (Å²) in [5.74, 6) is 2.14. The van der Waals surface area contributed by atoms with E-state index in [9.17, 15) is 0 Å². The lowest BCUT2D eigenvalue weighted by Gasteiger charge is -2.45. The number of ether oxygens (including phenoxy) is 1. The average Bonchev–Trinajstić information content (AvgIpc) is 3.48. The van der Waals surface area contributed by atoms with Crippen LogP contribution in [-0.4, -0.2) is 4.57 Å². The van der Waals surface area contributed by atoms with Crippen LogP contribution in [0.2, 0.25) is 0 Å². The third-order valence-corrected chi connectivity index (χ3v) is 10.6. The van der Waals surface area contributed by atoms with Crippen LogP contribution in [0.5, 0.6) is 11.5 Å². The first-order chi connectivity index (χ1) is 23.2. The summed E-state index contributed by atoms with van der Waals surface area (Å²) in [6, 6.07) is 59.8. The van der Waals surface area contributed by atoms with Crippen molar-refractivity contribution < 1.29 is 4.74 Å². The van der Waals surface area contributed by atoms with Gasteiger partial charge in [-0.05, 0) is 57.6 Å². The van der Waals surface area contributed by atoms with Gasteiger partial charge < -0.3 is 9.30 Å². The number of para-hydroxylation sites is 4. The fourth-order valence-corrected chi connectivity index (χ4v) is 8.41. The van der Waals surface area contributed by atoms with Gasteiger partial charge in [-0.15, -0.1) is 0 Å². The molecule has 2 heteroatoms. The van der Waals surface area contributed by atoms with E-state index in [4.69, 9.17) is 4.74 Å². The van der Waals surface area contributed by atoms with Crippen molar-refractivity contribution in [2.45, 2.75) is 18.3 Å². The first-order valence-electron chi connectivity index (χ1n) is 16.4. The van der Waals surface area contributed by atoms with Crippen LogP contribution in [0.3, 0.4) is 0 Å². The molecule has 222 valence electrons. The van der Waals surface area contributed by atoms with Gasteiger partial charge in [0, 0.05) is 27.8 Å². The highest BCUT2D eigenvalue weighted by atomic mass is 16.5. The predicted octanol–water partition coefficient (Wildman–Crippen LogP) is 11.4. The SMILES string of the molecule is CC(c1ccccc1)c1ccc(-c2ccc3c(c2)Oc2ccccc2C32c3ccccc3-n3c4ccccc4c4cccc2c43)cc1. The molecule has 0 radical (unpaired) electrons. The molecule has 0 saturated heterocycles. The Bertz CT molecular complexity index is 2510. The van der Waals surface area contributed by atoms with E-state index >= 15 is 0 Å². The van der Waals surface area contributed by atoms with Crippen molar-refractivity contribution >= 4 is 21.8 Å². The van der Waals surface area contributed by atoms with Gasteiger partial charge in [-0.1, -0.05) is 146 Å². The summed E-state index contributed by atoms with van der Waals surface area (Å²) in [5.41, 5.74) is 13.0. The minimum Gasteiger partial charge on any atom is -0.457 e. The van der Waals surface area contributed by atoms with Crippen LogP contribution < -0.4 is 4.74 Å². The molecule has 3 heterocycles. The molecule has 2 aliphatic rings. The smallest absolute Gasteiger partial charge is 0.132 e. The van der Waals surface area contributed by atoms with Gasteiger partial charge in [0.25, 0.3) is 0 Å². The molecule has 2 atom stereocenters. The Kier molecular flexibility index (Phi) is 5.51. The number of nitrogens with zero attached hydrogens (tertiary/aromatic N) is 1. The number of aromatic nitrogens is 1. The Balaban J connectivity index is 1.21. The van der Waals surface area contributed by atoms with Crippen molar-refractivity contribution in [3.05, 3.63) is 197 Å². The quantitative estimate of drug-likeness (QED) is 0.196. The van der Waals surface area contributed by atoms with Crippen LogP contribution in [0.15, 0.2) is 164 Å². The number of rotatable bonds is 3.